The van der Waals surface area contributed by atoms with Gasteiger partial charge in [-0.05, 0) is 75.6 Å². The van der Waals surface area contributed by atoms with Crippen LogP contribution in [0.25, 0.3) is 16.6 Å². The lowest BCUT2D eigenvalue weighted by Gasteiger charge is -2.26. The lowest BCUT2D eigenvalue weighted by Crippen LogP contribution is -2.41. The molecule has 2 aliphatic rings. The second-order valence-electron chi connectivity index (χ2n) is 10.4. The summed E-state index contributed by atoms with van der Waals surface area (Å²) in [6, 6.07) is 8.70. The number of carbonyl (C=O) groups is 1. The van der Waals surface area contributed by atoms with E-state index in [0.717, 1.165) is 47.0 Å². The minimum absolute atomic E-state index is 0.0831. The van der Waals surface area contributed by atoms with Crippen LogP contribution in [0.4, 0.5) is 9.18 Å². The monoisotopic (exact) mass is 516 g/mol. The fourth-order valence-corrected chi connectivity index (χ4v) is 5.21. The van der Waals surface area contributed by atoms with E-state index in [0.29, 0.717) is 30.9 Å². The number of urea groups is 1. The van der Waals surface area contributed by atoms with Crippen molar-refractivity contribution in [3.8, 4) is 5.75 Å². The number of aliphatic imine (C=N–C) groups is 1. The third kappa shape index (κ3) is 5.32. The Morgan fingerprint density at radius 1 is 1.18 bits per heavy atom. The van der Waals surface area contributed by atoms with Crippen molar-refractivity contribution in [3.05, 3.63) is 71.9 Å². The van der Waals surface area contributed by atoms with Crippen molar-refractivity contribution in [1.29, 1.82) is 0 Å². The van der Waals surface area contributed by atoms with Gasteiger partial charge >= 0.3 is 6.03 Å². The number of allylic oxidation sites excluding steroid dienone is 1. The first kappa shape index (κ1) is 25.6. The number of hydrogen-bond acceptors (Lipinski definition) is 6. The second-order valence-corrected chi connectivity index (χ2v) is 10.4. The Hall–Kier alpha value is -4.01. The molecule has 2 aromatic heterocycles. The first-order chi connectivity index (χ1) is 18.2. The molecule has 3 aromatic rings. The van der Waals surface area contributed by atoms with Crippen LogP contribution in [0.2, 0.25) is 0 Å². The normalized spacial score (nSPS) is 20.3. The highest BCUT2D eigenvalue weighted by molar-refractivity contribution is 6.06. The maximum Gasteiger partial charge on any atom is 0.317 e. The molecule has 1 spiro atoms. The summed E-state index contributed by atoms with van der Waals surface area (Å²) < 4.78 is 19.4. The number of ether oxygens (including phenoxy) is 1. The number of nitrogens with zero attached hydrogens (tertiary/aromatic N) is 4. The Bertz CT molecular complexity index is 1420. The smallest absolute Gasteiger partial charge is 0.317 e. The molecule has 4 heterocycles. The zero-order valence-electron chi connectivity index (χ0n) is 21.9. The molecule has 1 aromatic carbocycles. The number of hydrogen-bond donors (Lipinski definition) is 2. The number of benzene rings is 1. The molecule has 0 bridgehead atoms. The third-order valence-electron chi connectivity index (χ3n) is 7.27. The first-order valence-electron chi connectivity index (χ1n) is 13.0. The molecule has 9 heteroatoms. The van der Waals surface area contributed by atoms with Gasteiger partial charge in [-0.15, -0.1) is 0 Å². The fraction of sp³-hybridized carbons (Fsp3) is 0.379. The van der Waals surface area contributed by atoms with Crippen LogP contribution in [-0.2, 0) is 0 Å². The van der Waals surface area contributed by atoms with Gasteiger partial charge in [-0.2, -0.15) is 0 Å². The summed E-state index contributed by atoms with van der Waals surface area (Å²) in [6.07, 6.45) is 8.18. The van der Waals surface area contributed by atoms with Crippen LogP contribution < -0.4 is 15.8 Å². The third-order valence-corrected chi connectivity index (χ3v) is 7.27. The van der Waals surface area contributed by atoms with E-state index in [-0.39, 0.29) is 23.6 Å². The number of rotatable bonds is 6. The summed E-state index contributed by atoms with van der Waals surface area (Å²) >= 11 is 0. The van der Waals surface area contributed by atoms with Crippen molar-refractivity contribution in [2.75, 3.05) is 19.6 Å². The summed E-state index contributed by atoms with van der Waals surface area (Å²) in [5.74, 6) is 0.367. The van der Waals surface area contributed by atoms with Crippen molar-refractivity contribution >= 4 is 28.3 Å². The minimum atomic E-state index is -0.425. The van der Waals surface area contributed by atoms with E-state index in [1.165, 1.54) is 6.07 Å². The number of amides is 2. The topological polar surface area (TPSA) is 106 Å². The molecule has 8 nitrogen and oxygen atoms in total. The van der Waals surface area contributed by atoms with Gasteiger partial charge in [0.05, 0.1) is 23.9 Å². The number of nitrogens with one attached hydrogen (secondary N) is 1. The number of nitrogens with two attached hydrogens (primary N) is 1. The molecule has 2 aliphatic heterocycles. The van der Waals surface area contributed by atoms with E-state index in [1.54, 1.807) is 12.4 Å². The van der Waals surface area contributed by atoms with Crippen LogP contribution in [0.5, 0.6) is 5.75 Å². The SMILES string of the molecule is CC(C)Oc1ccc2ncc(C(N)=CC3=NCCC34CCN(C(=O)N[C@H](C)c3cncc(F)c3)C4)cc2c1. The van der Waals surface area contributed by atoms with E-state index < -0.39 is 5.82 Å². The molecule has 1 saturated heterocycles. The van der Waals surface area contributed by atoms with Crippen LogP contribution in [0.15, 0.2) is 60.0 Å². The summed E-state index contributed by atoms with van der Waals surface area (Å²) in [5.41, 5.74) is 10.1. The molecule has 198 valence electrons. The predicted octanol–water partition coefficient (Wildman–Crippen LogP) is 4.86. The maximum absolute atomic E-state index is 13.6. The molecule has 1 unspecified atom stereocenters. The maximum atomic E-state index is 13.6. The number of likely N-dealkylation sites (tertiary alicyclic amines) is 1. The van der Waals surface area contributed by atoms with Crippen LogP contribution in [-0.4, -0.2) is 52.3 Å². The molecule has 2 amide bonds. The van der Waals surface area contributed by atoms with Crippen molar-refractivity contribution in [3.63, 3.8) is 0 Å². The van der Waals surface area contributed by atoms with Gasteiger partial charge in [-0.3, -0.25) is 15.0 Å². The standard InChI is InChI=1S/C29H33FN6O2/c1-18(2)38-24-4-5-26-20(12-24)10-22(15-34-26)25(31)13-27-29(6-8-33-27)7-9-36(17-29)28(37)35-19(3)21-11-23(30)16-32-14-21/h4-5,10-16,18-19H,6-9,17,31H2,1-3H3,(H,35,37)/t19-,29?/m1/s1. The van der Waals surface area contributed by atoms with Crippen molar-refractivity contribution in [2.45, 2.75) is 45.8 Å². The second kappa shape index (κ2) is 10.4. The fourth-order valence-electron chi connectivity index (χ4n) is 5.21. The van der Waals surface area contributed by atoms with E-state index in [1.807, 2.05) is 56.0 Å². The van der Waals surface area contributed by atoms with Gasteiger partial charge in [0, 0.05) is 59.8 Å². The van der Waals surface area contributed by atoms with Crippen LogP contribution in [0.3, 0.4) is 0 Å². The minimum Gasteiger partial charge on any atom is -0.491 e. The molecular formula is C29H33FN6O2. The molecule has 38 heavy (non-hydrogen) atoms. The Morgan fingerprint density at radius 3 is 2.82 bits per heavy atom. The number of aromatic nitrogens is 2. The molecule has 5 rings (SSSR count). The molecular weight excluding hydrogens is 483 g/mol. The largest absolute Gasteiger partial charge is 0.491 e. The van der Waals surface area contributed by atoms with Crippen molar-refractivity contribution in [2.24, 2.45) is 16.1 Å². The number of carbonyl (C=O) groups excluding carboxylic acids is 1. The van der Waals surface area contributed by atoms with E-state index in [2.05, 4.69) is 15.3 Å². The Kier molecular flexibility index (Phi) is 7.01. The molecule has 0 aliphatic carbocycles. The van der Waals surface area contributed by atoms with E-state index >= 15 is 0 Å². The van der Waals surface area contributed by atoms with Crippen molar-refractivity contribution < 1.29 is 13.9 Å². The van der Waals surface area contributed by atoms with Gasteiger partial charge in [0.2, 0.25) is 0 Å². The van der Waals surface area contributed by atoms with Gasteiger partial charge in [-0.25, -0.2) is 9.18 Å². The molecule has 2 atom stereocenters. The molecule has 1 fully saturated rings. The number of halogens is 1. The van der Waals surface area contributed by atoms with Crippen LogP contribution in [0, 0.1) is 11.2 Å². The Morgan fingerprint density at radius 2 is 2.03 bits per heavy atom. The van der Waals surface area contributed by atoms with Gasteiger partial charge in [0.1, 0.15) is 11.6 Å². The zero-order valence-corrected chi connectivity index (χ0v) is 21.9. The molecule has 3 N–H and O–H groups in total. The van der Waals surface area contributed by atoms with Crippen molar-refractivity contribution in [1.82, 2.24) is 20.2 Å². The van der Waals surface area contributed by atoms with Gasteiger partial charge in [-0.1, -0.05) is 0 Å². The van der Waals surface area contributed by atoms with Gasteiger partial charge < -0.3 is 20.7 Å². The van der Waals surface area contributed by atoms with Gasteiger partial charge in [0.25, 0.3) is 0 Å². The van der Waals surface area contributed by atoms with Gasteiger partial charge in [0.15, 0.2) is 0 Å². The number of pyridine rings is 2. The quantitative estimate of drug-likeness (QED) is 0.487. The summed E-state index contributed by atoms with van der Waals surface area (Å²) in [4.78, 5) is 28.1. The summed E-state index contributed by atoms with van der Waals surface area (Å²) in [5, 5.41) is 3.92. The van der Waals surface area contributed by atoms with E-state index in [9.17, 15) is 9.18 Å². The van der Waals surface area contributed by atoms with Crippen LogP contribution in [0.1, 0.15) is 50.8 Å². The average molecular weight is 517 g/mol. The Balaban J connectivity index is 1.30. The first-order valence-corrected chi connectivity index (χ1v) is 13.0. The summed E-state index contributed by atoms with van der Waals surface area (Å²) in [6.45, 7) is 7.68. The number of fused-ring (bicyclic) bond motifs is 1. The average Bonchev–Trinajstić information content (AvgIpc) is 3.50. The lowest BCUT2D eigenvalue weighted by molar-refractivity contribution is 0.202. The highest BCUT2D eigenvalue weighted by atomic mass is 19.1. The predicted molar refractivity (Wildman–Crippen MR) is 146 cm³/mol. The zero-order chi connectivity index (χ0) is 26.9. The lowest BCUT2D eigenvalue weighted by atomic mass is 9.80. The molecule has 0 radical (unpaired) electrons. The highest BCUT2D eigenvalue weighted by Gasteiger charge is 2.45. The van der Waals surface area contributed by atoms with E-state index in [4.69, 9.17) is 15.5 Å². The highest BCUT2D eigenvalue weighted by Crippen LogP contribution is 2.40. The Labute approximate surface area is 221 Å². The molecule has 0 saturated carbocycles. The van der Waals surface area contributed by atoms with Crippen LogP contribution >= 0.6 is 0 Å². The summed E-state index contributed by atoms with van der Waals surface area (Å²) in [7, 11) is 0.